The normalized spacial score (nSPS) is 19.7. The molecule has 0 bridgehead atoms. The largest absolute Gasteiger partial charge is 0.384 e. The van der Waals surface area contributed by atoms with E-state index in [9.17, 15) is 0 Å². The van der Waals surface area contributed by atoms with Crippen LogP contribution in [0.15, 0.2) is 30.5 Å². The van der Waals surface area contributed by atoms with Crippen molar-refractivity contribution in [1.82, 2.24) is 15.0 Å². The van der Waals surface area contributed by atoms with E-state index in [-0.39, 0.29) is 0 Å². The lowest BCUT2D eigenvalue weighted by atomic mass is 9.92. The van der Waals surface area contributed by atoms with E-state index in [1.165, 1.54) is 5.56 Å². The molecule has 6 heteroatoms. The van der Waals surface area contributed by atoms with Crippen molar-refractivity contribution in [1.29, 1.82) is 0 Å². The van der Waals surface area contributed by atoms with Crippen LogP contribution in [0.3, 0.4) is 0 Å². The van der Waals surface area contributed by atoms with Crippen LogP contribution in [0.5, 0.6) is 0 Å². The molecule has 146 valence electrons. The number of anilines is 2. The second kappa shape index (κ2) is 7.72. The Morgan fingerprint density at radius 1 is 1.11 bits per heavy atom. The fourth-order valence-electron chi connectivity index (χ4n) is 4.05. The number of fused-ring (bicyclic) bond motifs is 1. The molecule has 5 N–H and O–H groups in total. The van der Waals surface area contributed by atoms with Crippen molar-refractivity contribution in [3.8, 4) is 11.1 Å². The first kappa shape index (κ1) is 18.6. The van der Waals surface area contributed by atoms with Crippen LogP contribution in [-0.4, -0.2) is 27.0 Å². The van der Waals surface area contributed by atoms with Crippen molar-refractivity contribution in [2.24, 2.45) is 5.73 Å². The molecular weight excluding hydrogens is 348 g/mol. The van der Waals surface area contributed by atoms with Gasteiger partial charge in [-0.15, -0.1) is 0 Å². The summed E-state index contributed by atoms with van der Waals surface area (Å²) in [6.45, 7) is 4.14. The van der Waals surface area contributed by atoms with Crippen LogP contribution in [0.25, 0.3) is 22.0 Å². The Morgan fingerprint density at radius 2 is 1.89 bits per heavy atom. The van der Waals surface area contributed by atoms with E-state index in [0.29, 0.717) is 23.8 Å². The second-order valence-corrected chi connectivity index (χ2v) is 7.75. The molecule has 6 nitrogen and oxygen atoms in total. The van der Waals surface area contributed by atoms with Crippen molar-refractivity contribution < 1.29 is 0 Å². The number of hydrogen-bond donors (Lipinski definition) is 3. The third-order valence-electron chi connectivity index (χ3n) is 5.67. The molecule has 0 spiro atoms. The van der Waals surface area contributed by atoms with Gasteiger partial charge in [0.15, 0.2) is 0 Å². The highest BCUT2D eigenvalue weighted by Crippen LogP contribution is 2.30. The van der Waals surface area contributed by atoms with Gasteiger partial charge in [0.1, 0.15) is 5.82 Å². The predicted octanol–water partition coefficient (Wildman–Crippen LogP) is 3.83. The monoisotopic (exact) mass is 376 g/mol. The Labute approximate surface area is 165 Å². The molecule has 0 radical (unpaired) electrons. The lowest BCUT2D eigenvalue weighted by Gasteiger charge is -2.26. The molecule has 3 aromatic rings. The topological polar surface area (TPSA) is 103 Å². The Morgan fingerprint density at radius 3 is 2.61 bits per heavy atom. The van der Waals surface area contributed by atoms with Crippen LogP contribution in [0, 0.1) is 6.92 Å². The number of aromatic nitrogens is 3. The van der Waals surface area contributed by atoms with Gasteiger partial charge >= 0.3 is 0 Å². The summed E-state index contributed by atoms with van der Waals surface area (Å²) in [6, 6.07) is 8.97. The quantitative estimate of drug-likeness (QED) is 0.639. The van der Waals surface area contributed by atoms with E-state index in [1.807, 2.05) is 25.3 Å². The molecule has 1 fully saturated rings. The Kier molecular flexibility index (Phi) is 5.13. The second-order valence-electron chi connectivity index (χ2n) is 7.75. The predicted molar refractivity (Wildman–Crippen MR) is 115 cm³/mol. The highest BCUT2D eigenvalue weighted by molar-refractivity contribution is 5.88. The van der Waals surface area contributed by atoms with E-state index in [0.717, 1.165) is 59.8 Å². The fraction of sp³-hybridized carbons (Fsp3) is 0.409. The first-order valence-electron chi connectivity index (χ1n) is 10.1. The van der Waals surface area contributed by atoms with Crippen molar-refractivity contribution in [2.45, 2.75) is 58.0 Å². The molecule has 1 aliphatic rings. The molecule has 1 aromatic carbocycles. The lowest BCUT2D eigenvalue weighted by molar-refractivity contribution is 0.410. The zero-order valence-corrected chi connectivity index (χ0v) is 16.6. The summed E-state index contributed by atoms with van der Waals surface area (Å²) >= 11 is 0. The number of aryl methyl sites for hydroxylation is 2. The minimum atomic E-state index is 0.340. The van der Waals surface area contributed by atoms with Gasteiger partial charge < -0.3 is 16.8 Å². The number of nitrogen functional groups attached to an aromatic ring is 1. The molecule has 4 rings (SSSR count). The molecule has 28 heavy (non-hydrogen) atoms. The molecular formula is C22H28N6. The summed E-state index contributed by atoms with van der Waals surface area (Å²) in [5.41, 5.74) is 17.2. The molecule has 0 amide bonds. The molecule has 1 aliphatic carbocycles. The number of rotatable bonds is 4. The van der Waals surface area contributed by atoms with Gasteiger partial charge in [-0.2, -0.15) is 0 Å². The Bertz CT molecular complexity index is 992. The maximum atomic E-state index is 6.01. The minimum Gasteiger partial charge on any atom is -0.384 e. The zero-order valence-electron chi connectivity index (χ0n) is 16.6. The van der Waals surface area contributed by atoms with Crippen LogP contribution < -0.4 is 16.8 Å². The number of nitrogens with two attached hydrogens (primary N) is 2. The van der Waals surface area contributed by atoms with Gasteiger partial charge in [-0.25, -0.2) is 15.0 Å². The summed E-state index contributed by atoms with van der Waals surface area (Å²) in [4.78, 5) is 13.8. The van der Waals surface area contributed by atoms with Crippen LogP contribution >= 0.6 is 0 Å². The summed E-state index contributed by atoms with van der Waals surface area (Å²) in [6.07, 6.45) is 7.09. The summed E-state index contributed by atoms with van der Waals surface area (Å²) < 4.78 is 0. The van der Waals surface area contributed by atoms with E-state index >= 15 is 0 Å². The SMILES string of the molecule is CCc1cc(-c2ccc(N)nc2C)cc2cnc(N[C@H]3CC[C@H](N)CC3)nc12. The summed E-state index contributed by atoms with van der Waals surface area (Å²) in [5, 5.41) is 4.55. The zero-order chi connectivity index (χ0) is 19.7. The number of pyridine rings is 1. The average molecular weight is 377 g/mol. The van der Waals surface area contributed by atoms with E-state index in [1.54, 1.807) is 0 Å². The van der Waals surface area contributed by atoms with E-state index in [2.05, 4.69) is 34.3 Å². The molecule has 2 aromatic heterocycles. The number of nitrogens with zero attached hydrogens (tertiary/aromatic N) is 3. The number of benzene rings is 1. The standard InChI is InChI=1S/C22H28N6/c1-3-14-10-15(19-8-9-20(24)26-13(19)2)11-16-12-25-22(28-21(14)16)27-18-6-4-17(23)5-7-18/h8-12,17-18H,3-7,23H2,1-2H3,(H2,24,26)(H,25,27,28)/t17-,18-. The van der Waals surface area contributed by atoms with E-state index in [4.69, 9.17) is 16.5 Å². The first-order valence-corrected chi connectivity index (χ1v) is 10.1. The van der Waals surface area contributed by atoms with Crippen LogP contribution in [0.1, 0.15) is 43.9 Å². The van der Waals surface area contributed by atoms with Gasteiger partial charge in [0.2, 0.25) is 5.95 Å². The lowest BCUT2D eigenvalue weighted by Crippen LogP contribution is -2.33. The highest BCUT2D eigenvalue weighted by atomic mass is 15.1. The summed E-state index contributed by atoms with van der Waals surface area (Å²) in [7, 11) is 0. The molecule has 2 heterocycles. The molecule has 0 atom stereocenters. The molecule has 1 saturated carbocycles. The number of hydrogen-bond acceptors (Lipinski definition) is 6. The smallest absolute Gasteiger partial charge is 0.223 e. The average Bonchev–Trinajstić information content (AvgIpc) is 2.69. The first-order chi connectivity index (χ1) is 13.5. The Balaban J connectivity index is 1.68. The third kappa shape index (κ3) is 3.78. The van der Waals surface area contributed by atoms with Gasteiger partial charge in [0.25, 0.3) is 0 Å². The van der Waals surface area contributed by atoms with Gasteiger partial charge in [0.05, 0.1) is 5.52 Å². The molecule has 0 saturated heterocycles. The third-order valence-corrected chi connectivity index (χ3v) is 5.67. The maximum absolute atomic E-state index is 6.01. The van der Waals surface area contributed by atoms with Crippen LogP contribution in [-0.2, 0) is 6.42 Å². The van der Waals surface area contributed by atoms with Crippen molar-refractivity contribution in [2.75, 3.05) is 11.1 Å². The van der Waals surface area contributed by atoms with Gasteiger partial charge in [0, 0.05) is 34.9 Å². The van der Waals surface area contributed by atoms with Gasteiger partial charge in [-0.3, -0.25) is 0 Å². The van der Waals surface area contributed by atoms with Crippen molar-refractivity contribution >= 4 is 22.7 Å². The van der Waals surface area contributed by atoms with Gasteiger partial charge in [-0.05, 0) is 74.4 Å². The highest BCUT2D eigenvalue weighted by Gasteiger charge is 2.19. The van der Waals surface area contributed by atoms with Crippen molar-refractivity contribution in [3.05, 3.63) is 41.7 Å². The summed E-state index contributed by atoms with van der Waals surface area (Å²) in [5.74, 6) is 1.25. The van der Waals surface area contributed by atoms with Crippen LogP contribution in [0.4, 0.5) is 11.8 Å². The fourth-order valence-corrected chi connectivity index (χ4v) is 4.05. The van der Waals surface area contributed by atoms with Crippen molar-refractivity contribution in [3.63, 3.8) is 0 Å². The van der Waals surface area contributed by atoms with E-state index < -0.39 is 0 Å². The Hall–Kier alpha value is -2.73. The number of nitrogens with one attached hydrogen (secondary N) is 1. The van der Waals surface area contributed by atoms with Crippen LogP contribution in [0.2, 0.25) is 0 Å². The van der Waals surface area contributed by atoms with Gasteiger partial charge in [-0.1, -0.05) is 6.92 Å². The molecule has 0 aliphatic heterocycles. The minimum absolute atomic E-state index is 0.340. The molecule has 0 unspecified atom stereocenters. The maximum Gasteiger partial charge on any atom is 0.223 e.